The van der Waals surface area contributed by atoms with Crippen LogP contribution in [0.25, 0.3) is 22.3 Å². The van der Waals surface area contributed by atoms with Gasteiger partial charge in [-0.15, -0.1) is 0 Å². The molecule has 0 aliphatic carbocycles. The van der Waals surface area contributed by atoms with Gasteiger partial charge in [0, 0.05) is 43.7 Å². The van der Waals surface area contributed by atoms with E-state index in [-0.39, 0.29) is 6.09 Å². The van der Waals surface area contributed by atoms with E-state index < -0.39 is 11.1 Å². The van der Waals surface area contributed by atoms with Crippen LogP contribution in [-0.2, 0) is 10.3 Å². The van der Waals surface area contributed by atoms with Crippen LogP contribution in [0.2, 0.25) is 0 Å². The highest BCUT2D eigenvalue weighted by molar-refractivity contribution is 5.93. The summed E-state index contributed by atoms with van der Waals surface area (Å²) < 4.78 is 13.3. The Kier molecular flexibility index (Phi) is 8.46. The summed E-state index contributed by atoms with van der Waals surface area (Å²) in [5, 5.41) is 6.28. The number of piperazine rings is 1. The molecule has 10 nitrogen and oxygen atoms in total. The Labute approximate surface area is 286 Å². The third kappa shape index (κ3) is 6.06. The van der Waals surface area contributed by atoms with Gasteiger partial charge in [-0.1, -0.05) is 91.0 Å². The van der Waals surface area contributed by atoms with Gasteiger partial charge in [0.25, 0.3) is 0 Å². The SMILES string of the molecule is COc1cc2c(-c3cc(N4CCN(C(=O)OC(C)(C)C)CC4)ncn3)nn(C(c3ccccc3)(c3ccccc3)c3ccccc3)c2cn1. The van der Waals surface area contributed by atoms with Crippen LogP contribution in [0.4, 0.5) is 10.6 Å². The Balaban J connectivity index is 1.37. The summed E-state index contributed by atoms with van der Waals surface area (Å²) in [5.41, 5.74) is 3.90. The molecule has 10 heteroatoms. The molecule has 3 aromatic heterocycles. The molecular weight excluding hydrogens is 614 g/mol. The van der Waals surface area contributed by atoms with Gasteiger partial charge in [0.1, 0.15) is 29.0 Å². The number of nitrogens with zero attached hydrogens (tertiary/aromatic N) is 7. The van der Waals surface area contributed by atoms with E-state index in [9.17, 15) is 4.79 Å². The van der Waals surface area contributed by atoms with Crippen LogP contribution in [-0.4, -0.2) is 74.6 Å². The molecule has 49 heavy (non-hydrogen) atoms. The van der Waals surface area contributed by atoms with Crippen molar-refractivity contribution in [2.24, 2.45) is 0 Å². The Bertz CT molecular complexity index is 1960. The maximum absolute atomic E-state index is 12.7. The first-order valence-corrected chi connectivity index (χ1v) is 16.4. The average Bonchev–Trinajstić information content (AvgIpc) is 3.52. The number of ether oxygens (including phenoxy) is 2. The number of rotatable bonds is 7. The molecule has 1 amide bonds. The van der Waals surface area contributed by atoms with E-state index in [0.717, 1.165) is 33.4 Å². The van der Waals surface area contributed by atoms with Gasteiger partial charge in [-0.3, -0.25) is 0 Å². The number of hydrogen-bond acceptors (Lipinski definition) is 8. The third-order valence-corrected chi connectivity index (χ3v) is 8.79. The Hall–Kier alpha value is -5.77. The molecule has 0 atom stereocenters. The molecule has 248 valence electrons. The first-order valence-electron chi connectivity index (χ1n) is 16.4. The van der Waals surface area contributed by atoms with Gasteiger partial charge >= 0.3 is 6.09 Å². The smallest absolute Gasteiger partial charge is 0.410 e. The lowest BCUT2D eigenvalue weighted by Crippen LogP contribution is -2.50. The second kappa shape index (κ2) is 13.0. The third-order valence-electron chi connectivity index (χ3n) is 8.79. The lowest BCUT2D eigenvalue weighted by atomic mass is 9.77. The number of pyridine rings is 1. The lowest BCUT2D eigenvalue weighted by Gasteiger charge is -2.37. The number of benzene rings is 3. The predicted octanol–water partition coefficient (Wildman–Crippen LogP) is 6.79. The van der Waals surface area contributed by atoms with Gasteiger partial charge in [0.2, 0.25) is 5.88 Å². The molecule has 1 saturated heterocycles. The Morgan fingerprint density at radius 1 is 0.735 bits per heavy atom. The maximum Gasteiger partial charge on any atom is 0.410 e. The van der Waals surface area contributed by atoms with Crippen molar-refractivity contribution in [1.29, 1.82) is 0 Å². The van der Waals surface area contributed by atoms with Crippen molar-refractivity contribution in [1.82, 2.24) is 29.6 Å². The molecule has 0 saturated carbocycles. The fourth-order valence-corrected chi connectivity index (χ4v) is 6.55. The molecule has 3 aromatic carbocycles. The Morgan fingerprint density at radius 3 is 1.84 bits per heavy atom. The minimum Gasteiger partial charge on any atom is -0.481 e. The van der Waals surface area contributed by atoms with E-state index in [4.69, 9.17) is 19.6 Å². The van der Waals surface area contributed by atoms with Crippen molar-refractivity contribution in [3.63, 3.8) is 0 Å². The van der Waals surface area contributed by atoms with E-state index >= 15 is 0 Å². The van der Waals surface area contributed by atoms with Gasteiger partial charge in [-0.25, -0.2) is 24.4 Å². The highest BCUT2D eigenvalue weighted by atomic mass is 16.6. The van der Waals surface area contributed by atoms with Gasteiger partial charge in [-0.05, 0) is 37.5 Å². The summed E-state index contributed by atoms with van der Waals surface area (Å²) in [6.07, 6.45) is 3.10. The van der Waals surface area contributed by atoms with Gasteiger partial charge < -0.3 is 19.3 Å². The first-order chi connectivity index (χ1) is 23.8. The Morgan fingerprint density at radius 2 is 1.31 bits per heavy atom. The highest BCUT2D eigenvalue weighted by Crippen LogP contribution is 2.44. The quantitative estimate of drug-likeness (QED) is 0.174. The van der Waals surface area contributed by atoms with Gasteiger partial charge in [0.15, 0.2) is 0 Å². The summed E-state index contributed by atoms with van der Waals surface area (Å²) >= 11 is 0. The zero-order valence-corrected chi connectivity index (χ0v) is 28.2. The summed E-state index contributed by atoms with van der Waals surface area (Å²) in [7, 11) is 1.61. The van der Waals surface area contributed by atoms with E-state index in [1.54, 1.807) is 18.3 Å². The molecule has 0 bridgehead atoms. The zero-order valence-electron chi connectivity index (χ0n) is 28.2. The normalized spacial score (nSPS) is 13.8. The van der Waals surface area contributed by atoms with Crippen LogP contribution >= 0.6 is 0 Å². The molecule has 1 aliphatic heterocycles. The molecule has 0 radical (unpaired) electrons. The minimum absolute atomic E-state index is 0.297. The van der Waals surface area contributed by atoms with Crippen LogP contribution in [0.15, 0.2) is 116 Å². The molecule has 7 rings (SSSR count). The molecule has 0 spiro atoms. The number of fused-ring (bicyclic) bond motifs is 1. The molecule has 0 unspecified atom stereocenters. The number of hydrogen-bond donors (Lipinski definition) is 0. The fraction of sp³-hybridized carbons (Fsp3) is 0.256. The number of carbonyl (C=O) groups excluding carboxylic acids is 1. The minimum atomic E-state index is -0.857. The number of amides is 1. The second-order valence-electron chi connectivity index (χ2n) is 13.0. The number of carbonyl (C=O) groups is 1. The average molecular weight is 654 g/mol. The van der Waals surface area contributed by atoms with Crippen molar-refractivity contribution < 1.29 is 14.3 Å². The second-order valence-corrected chi connectivity index (χ2v) is 13.0. The van der Waals surface area contributed by atoms with E-state index in [1.165, 1.54) is 0 Å². The molecule has 6 aromatic rings. The standard InChI is InChI=1S/C39H39N7O3/c1-38(2,3)49-37(47)45-22-20-44(21-23-45)34-25-32(41-27-42-34)36-31-24-35(48-4)40-26-33(31)46(43-36)39(28-14-8-5-9-15-28,29-16-10-6-11-17-29)30-18-12-7-13-19-30/h5-19,24-27H,20-23H2,1-4H3. The van der Waals surface area contributed by atoms with E-state index in [0.29, 0.717) is 43.4 Å². The van der Waals surface area contributed by atoms with Gasteiger partial charge in [0.05, 0.1) is 24.5 Å². The largest absolute Gasteiger partial charge is 0.481 e. The first kappa shape index (κ1) is 31.8. The van der Waals surface area contributed by atoms with Crippen LogP contribution in [0.1, 0.15) is 37.5 Å². The summed E-state index contributed by atoms with van der Waals surface area (Å²) in [6.45, 7) is 7.92. The van der Waals surface area contributed by atoms with Gasteiger partial charge in [-0.2, -0.15) is 5.10 Å². The van der Waals surface area contributed by atoms with Crippen LogP contribution in [0, 0.1) is 0 Å². The molecule has 4 heterocycles. The monoisotopic (exact) mass is 653 g/mol. The number of aromatic nitrogens is 5. The number of anilines is 1. The maximum atomic E-state index is 12.7. The zero-order chi connectivity index (χ0) is 34.0. The summed E-state index contributed by atoms with van der Waals surface area (Å²) in [5.74, 6) is 1.24. The van der Waals surface area contributed by atoms with Crippen molar-refractivity contribution >= 4 is 22.8 Å². The molecule has 0 N–H and O–H groups in total. The van der Waals surface area contributed by atoms with Crippen molar-refractivity contribution in [2.75, 3.05) is 38.2 Å². The van der Waals surface area contributed by atoms with Crippen LogP contribution in [0.5, 0.6) is 5.88 Å². The molecular formula is C39H39N7O3. The van der Waals surface area contributed by atoms with Crippen LogP contribution < -0.4 is 9.64 Å². The fourth-order valence-electron chi connectivity index (χ4n) is 6.55. The summed E-state index contributed by atoms with van der Waals surface area (Å²) in [6, 6.07) is 35.2. The van der Waals surface area contributed by atoms with Crippen molar-refractivity contribution in [3.05, 3.63) is 132 Å². The van der Waals surface area contributed by atoms with E-state index in [2.05, 4.69) is 92.3 Å². The predicted molar refractivity (Wildman–Crippen MR) is 190 cm³/mol. The highest BCUT2D eigenvalue weighted by Gasteiger charge is 2.41. The topological polar surface area (TPSA) is 98.5 Å². The van der Waals surface area contributed by atoms with Crippen molar-refractivity contribution in [3.8, 4) is 17.3 Å². The summed E-state index contributed by atoms with van der Waals surface area (Å²) in [4.78, 5) is 30.6. The van der Waals surface area contributed by atoms with Crippen molar-refractivity contribution in [2.45, 2.75) is 31.9 Å². The van der Waals surface area contributed by atoms with Crippen LogP contribution in [0.3, 0.4) is 0 Å². The molecule has 1 fully saturated rings. The lowest BCUT2D eigenvalue weighted by molar-refractivity contribution is 0.0240. The van der Waals surface area contributed by atoms with E-state index in [1.807, 2.05) is 57.3 Å². The number of methoxy groups -OCH3 is 1. The molecule has 1 aliphatic rings.